The molecule has 5 atom stereocenters. The predicted molar refractivity (Wildman–Crippen MR) is 480 cm³/mol. The number of methoxy groups -OCH3 is 1. The lowest BCUT2D eigenvalue weighted by atomic mass is 9.85. The Balaban J connectivity index is 0.000000136. The number of aliphatic hydroxyl groups excluding tert-OH is 1. The van der Waals surface area contributed by atoms with Gasteiger partial charge in [-0.25, -0.2) is 48.7 Å². The lowest BCUT2D eigenvalue weighted by Gasteiger charge is -2.39. The second-order valence-corrected chi connectivity index (χ2v) is 38.9. The van der Waals surface area contributed by atoms with E-state index in [2.05, 4.69) is 112 Å². The van der Waals surface area contributed by atoms with Gasteiger partial charge in [0.2, 0.25) is 23.8 Å². The summed E-state index contributed by atoms with van der Waals surface area (Å²) in [6.07, 6.45) is 13.3. The molecule has 5 fully saturated rings. The molecule has 5 aliphatic rings. The minimum absolute atomic E-state index is 0.0112. The number of likely N-dealkylation sites (tertiary alicyclic amines) is 4. The van der Waals surface area contributed by atoms with Gasteiger partial charge in [0.1, 0.15) is 42.0 Å². The van der Waals surface area contributed by atoms with Crippen LogP contribution in [0.5, 0.6) is 0 Å². The van der Waals surface area contributed by atoms with E-state index in [4.69, 9.17) is 4.74 Å². The number of hydrogen-bond donors (Lipinski definition) is 5. The first kappa shape index (κ1) is 90.1. The number of benzene rings is 2. The van der Waals surface area contributed by atoms with Gasteiger partial charge in [-0.2, -0.15) is 19.9 Å². The van der Waals surface area contributed by atoms with Crippen molar-refractivity contribution in [2.45, 2.75) is 158 Å². The summed E-state index contributed by atoms with van der Waals surface area (Å²) in [5.74, 6) is 2.24. The van der Waals surface area contributed by atoms with E-state index < -0.39 is 0 Å². The fourth-order valence-electron chi connectivity index (χ4n) is 16.0. The maximum atomic E-state index is 13.5. The number of carbonyl (C=O) groups excluding carboxylic acids is 6. The molecule has 2 aromatic carbocycles. The number of aliphatic hydroxyl groups is 1. The molecule has 5 N–H and O–H groups in total. The van der Waals surface area contributed by atoms with Gasteiger partial charge in [0.15, 0.2) is 45.4 Å². The fourth-order valence-corrected chi connectivity index (χ4v) is 19.3. The first-order valence-electron chi connectivity index (χ1n) is 42.2. The van der Waals surface area contributed by atoms with E-state index in [9.17, 15) is 42.7 Å². The summed E-state index contributed by atoms with van der Waals surface area (Å²) in [5, 5.41) is 25.5. The van der Waals surface area contributed by atoms with Crippen LogP contribution in [0.2, 0.25) is 0 Å². The number of ketones is 2. The summed E-state index contributed by atoms with van der Waals surface area (Å²) in [4.78, 5) is 147. The van der Waals surface area contributed by atoms with Crippen LogP contribution in [0, 0.1) is 74.3 Å². The number of rotatable bonds is 26. The highest BCUT2D eigenvalue weighted by Gasteiger charge is 2.39. The maximum Gasteiger partial charge on any atom is 0.274 e. The lowest BCUT2D eigenvalue weighted by Crippen LogP contribution is -2.51. The first-order chi connectivity index (χ1) is 59.9. The number of fused-ring (bicyclic) bond motifs is 4. The Morgan fingerprint density at radius 3 is 1.23 bits per heavy atom. The van der Waals surface area contributed by atoms with Crippen LogP contribution in [-0.2, 0) is 14.3 Å². The lowest BCUT2D eigenvalue weighted by molar-refractivity contribution is -0.123. The normalized spacial score (nSPS) is 16.5. The molecule has 36 heteroatoms. The van der Waals surface area contributed by atoms with Gasteiger partial charge in [-0.15, -0.1) is 45.3 Å². The molecule has 125 heavy (non-hydrogen) atoms. The summed E-state index contributed by atoms with van der Waals surface area (Å²) in [5.41, 5.74) is 6.79. The molecule has 4 aliphatic heterocycles. The van der Waals surface area contributed by atoms with Crippen LogP contribution in [0.25, 0.3) is 41.4 Å². The number of thiazole rings is 4. The van der Waals surface area contributed by atoms with Crippen molar-refractivity contribution in [1.82, 2.24) is 89.4 Å². The fraction of sp³-hybridized carbons (Fsp3) is 0.461. The third-order valence-electron chi connectivity index (χ3n) is 22.4. The van der Waals surface area contributed by atoms with Crippen LogP contribution < -0.4 is 21.3 Å². The number of anilines is 4. The van der Waals surface area contributed by atoms with Gasteiger partial charge in [-0.1, -0.05) is 82.9 Å². The average Bonchev–Trinajstić information content (AvgIpc) is 1.58. The minimum Gasteiger partial charge on any atom is -0.396 e. The van der Waals surface area contributed by atoms with Crippen LogP contribution in [0.3, 0.4) is 0 Å². The van der Waals surface area contributed by atoms with Crippen molar-refractivity contribution in [1.29, 1.82) is 0 Å². The Morgan fingerprint density at radius 2 is 0.848 bits per heavy atom. The molecule has 0 spiro atoms. The number of nitrogens with zero attached hydrogens (tertiary/aromatic N) is 18. The van der Waals surface area contributed by atoms with Crippen molar-refractivity contribution in [3.05, 3.63) is 174 Å². The van der Waals surface area contributed by atoms with E-state index in [1.54, 1.807) is 57.4 Å². The second kappa shape index (κ2) is 40.0. The summed E-state index contributed by atoms with van der Waals surface area (Å²) in [7, 11) is 1.66. The van der Waals surface area contributed by atoms with E-state index in [1.807, 2.05) is 97.9 Å². The standard InChI is InChI=1S/C25H30N6O2S.C24H30N6O2S.2C20H22FN5O2S/c1-15(19-8-5-9-26-12-19)27-25-29-21(22-23(30-25)28-16(2)34-22)24(33)31-13-18(14-31)11-20(32)10-17-6-3-4-7-17;1-14(18-8-6-7-9-25-18)26-23-28-19(20-21(29-23)27-15(2)33-20)22(32)30-12-16(13-30)10-17(31)11-24(3,4)5;1-11(14-5-4-6-15(21)7-14)22-20-24-16(17-18(25-20)23-12(2)29-17)19(27)26-8-13(9-26)10-28-3;1-11(14-4-3-5-15(21)8-14)22-20-24-16(17-18(25-20)23-12(2)29-17)19(28)26-7-6-13(9-26)10-27/h5,8-9,12,15,17-18H,3-4,6-7,10-11,13-14H2,1-2H3,(H,27,29,30);6-9,14,16H,10-13H2,1-5H3,(H,26,28,29);4-7,11,13H,8-10H2,1-3H3,(H,22,24,25);3-5,8,11,13,27H,6-7,9-10H2,1-2H3,(H,22,24,25)/t15-;14-;11-;11-,13-/m0000/s1. The second-order valence-electron chi connectivity index (χ2n) is 34.1. The number of aryl methyl sites for hydroxylation is 4. The van der Waals surface area contributed by atoms with Crippen molar-refractivity contribution >= 4 is 146 Å². The van der Waals surface area contributed by atoms with E-state index in [0.717, 1.165) is 48.8 Å². The number of pyridine rings is 2. The molecule has 0 unspecified atom stereocenters. The molecule has 0 radical (unpaired) electrons. The van der Waals surface area contributed by atoms with Gasteiger partial charge in [0.05, 0.1) is 56.5 Å². The van der Waals surface area contributed by atoms with Gasteiger partial charge in [0, 0.05) is 134 Å². The average molecular weight is 1780 g/mol. The van der Waals surface area contributed by atoms with Gasteiger partial charge >= 0.3 is 0 Å². The zero-order valence-corrected chi connectivity index (χ0v) is 75.4. The molecule has 14 heterocycles. The number of Topliss-reactive ketones (excluding diaryl/α,β-unsaturated/α-hetero) is 2. The quantitative estimate of drug-likeness (QED) is 0.0336. The molecular formula is C89H104F2N22O8S4. The third kappa shape index (κ3) is 22.7. The Kier molecular flexibility index (Phi) is 28.8. The highest BCUT2D eigenvalue weighted by Crippen LogP contribution is 2.37. The largest absolute Gasteiger partial charge is 0.396 e. The van der Waals surface area contributed by atoms with Crippen LogP contribution >= 0.6 is 45.3 Å². The summed E-state index contributed by atoms with van der Waals surface area (Å²) in [6.45, 7) is 27.0. The molecule has 1 saturated carbocycles. The number of halogens is 2. The number of carbonyl (C=O) groups is 6. The van der Waals surface area contributed by atoms with Crippen molar-refractivity contribution < 1.29 is 47.4 Å². The van der Waals surface area contributed by atoms with Crippen LogP contribution in [0.15, 0.2) is 97.5 Å². The van der Waals surface area contributed by atoms with E-state index in [0.29, 0.717) is 184 Å². The zero-order chi connectivity index (χ0) is 88.5. The van der Waals surface area contributed by atoms with Gasteiger partial charge in [0.25, 0.3) is 23.6 Å². The number of nitrogens with one attached hydrogen (secondary N) is 4. The van der Waals surface area contributed by atoms with Gasteiger partial charge < -0.3 is 50.7 Å². The molecule has 1 aliphatic carbocycles. The first-order valence-corrected chi connectivity index (χ1v) is 45.5. The highest BCUT2D eigenvalue weighted by molar-refractivity contribution is 7.20. The van der Waals surface area contributed by atoms with Crippen molar-refractivity contribution in [2.24, 2.45) is 35.0 Å². The summed E-state index contributed by atoms with van der Waals surface area (Å²) in [6, 6.07) is 21.6. The smallest absolute Gasteiger partial charge is 0.274 e. The van der Waals surface area contributed by atoms with Gasteiger partial charge in [-0.05, 0) is 132 Å². The van der Waals surface area contributed by atoms with E-state index in [1.165, 1.54) is 95.3 Å². The SMILES string of the molecule is COCC1CN(C(=O)c2nc(N[C@@H](C)c3cccc(F)c3)nc3nc(C)sc23)C1.Cc1nc2nc(N[C@@H](C)c3cccc(F)c3)nc(C(=O)N3CC[C@H](CO)C3)c2s1.Cc1nc2nc(N[C@@H](C)c3ccccn3)nc(C(=O)N3CC(CC(=O)CC(C)(C)C)C3)c2s1.Cc1nc2nc(N[C@@H](C)c3cccnc3)nc(C(=O)N3CC(CC(=O)CC4CCCC4)C3)c2s1. The molecular weight excluding hydrogens is 1670 g/mol. The molecule has 656 valence electrons. The highest BCUT2D eigenvalue weighted by atomic mass is 32.1. The van der Waals surface area contributed by atoms with Crippen molar-refractivity contribution in [2.75, 3.05) is 93.9 Å². The molecule has 4 saturated heterocycles. The Morgan fingerprint density at radius 1 is 0.456 bits per heavy atom. The summed E-state index contributed by atoms with van der Waals surface area (Å²) >= 11 is 5.66. The Labute approximate surface area is 739 Å². The maximum absolute atomic E-state index is 13.5. The Bertz CT molecular complexity index is 5870. The van der Waals surface area contributed by atoms with Crippen LogP contribution in [0.4, 0.5) is 32.6 Å². The van der Waals surface area contributed by atoms with Gasteiger partial charge in [-0.3, -0.25) is 38.7 Å². The van der Waals surface area contributed by atoms with Crippen molar-refractivity contribution in [3.8, 4) is 0 Å². The number of amides is 4. The van der Waals surface area contributed by atoms with Crippen LogP contribution in [-0.4, -0.2) is 202 Å². The zero-order valence-electron chi connectivity index (χ0n) is 72.1. The summed E-state index contributed by atoms with van der Waals surface area (Å²) < 4.78 is 35.0. The number of aromatic nitrogens is 14. The Hall–Kier alpha value is -11.2. The van der Waals surface area contributed by atoms with Crippen LogP contribution in [0.1, 0.15) is 215 Å². The molecule has 12 aromatic rings. The minimum atomic E-state index is -0.314. The predicted octanol–water partition coefficient (Wildman–Crippen LogP) is 15.6. The monoisotopic (exact) mass is 1770 g/mol. The third-order valence-corrected chi connectivity index (χ3v) is 26.2. The van der Waals surface area contributed by atoms with E-state index in [-0.39, 0.29) is 101 Å². The molecule has 0 bridgehead atoms. The molecule has 4 amide bonds. The molecule has 10 aromatic heterocycles. The molecule has 17 rings (SSSR count). The topological polar surface area (TPSA) is 373 Å². The molecule has 30 nitrogen and oxygen atoms in total. The number of hydrogen-bond acceptors (Lipinski definition) is 30. The van der Waals surface area contributed by atoms with Crippen molar-refractivity contribution in [3.63, 3.8) is 0 Å². The van der Waals surface area contributed by atoms with E-state index >= 15 is 0 Å². The number of ether oxygens (including phenoxy) is 1.